The third-order valence-electron chi connectivity index (χ3n) is 4.29. The fourth-order valence-electron chi connectivity index (χ4n) is 2.98. The van der Waals surface area contributed by atoms with Crippen molar-refractivity contribution >= 4 is 50.1 Å². The molecule has 0 unspecified atom stereocenters. The summed E-state index contributed by atoms with van der Waals surface area (Å²) in [6.45, 7) is 0. The zero-order valence-electron chi connectivity index (χ0n) is 16.1. The molecule has 1 aliphatic carbocycles. The number of hydrogen-bond acceptors (Lipinski definition) is 0. The normalized spacial score (nSPS) is 10.8. The van der Waals surface area contributed by atoms with Crippen molar-refractivity contribution in [3.05, 3.63) is 115 Å². The van der Waals surface area contributed by atoms with Crippen LogP contribution in [0.1, 0.15) is 12.0 Å². The van der Waals surface area contributed by atoms with E-state index in [1.54, 1.807) is 0 Å². The van der Waals surface area contributed by atoms with Crippen LogP contribution in [0.3, 0.4) is 0 Å². The fraction of sp³-hybridized carbons (Fsp3) is 0.0769. The molecule has 29 heavy (non-hydrogen) atoms. The van der Waals surface area contributed by atoms with Gasteiger partial charge in [0.05, 0.1) is 0 Å². The monoisotopic (exact) mass is 586 g/mol. The predicted molar refractivity (Wildman–Crippen MR) is 129 cm³/mol. The Morgan fingerprint density at radius 3 is 1.79 bits per heavy atom. The maximum Gasteiger partial charge on any atom is -0.0771 e. The fourth-order valence-corrected chi connectivity index (χ4v) is 3.82. The summed E-state index contributed by atoms with van der Waals surface area (Å²) in [4.78, 5) is 0. The quantitative estimate of drug-likeness (QED) is 0.169. The van der Waals surface area contributed by atoms with E-state index in [4.69, 9.17) is 0 Å². The summed E-state index contributed by atoms with van der Waals surface area (Å²) in [5.74, 6) is 0. The summed E-state index contributed by atoms with van der Waals surface area (Å²) < 4.78 is 2.30. The Bertz CT molecular complexity index is 986. The van der Waals surface area contributed by atoms with Crippen LogP contribution in [-0.2, 0) is 30.3 Å². The zero-order chi connectivity index (χ0) is 18.7. The van der Waals surface area contributed by atoms with Crippen molar-refractivity contribution in [1.29, 1.82) is 0 Å². The molecule has 0 bridgehead atoms. The van der Waals surface area contributed by atoms with Gasteiger partial charge in [0.1, 0.15) is 0 Å². The molecular weight excluding hydrogens is 562 g/mol. The Kier molecular flexibility index (Phi) is 12.5. The van der Waals surface area contributed by atoms with Crippen molar-refractivity contribution in [2.24, 2.45) is 0 Å². The molecule has 0 fully saturated rings. The first-order valence-electron chi connectivity index (χ1n) is 9.16. The van der Waals surface area contributed by atoms with E-state index >= 15 is 0 Å². The number of benzene rings is 3. The van der Waals surface area contributed by atoms with Gasteiger partial charge in [0, 0.05) is 0 Å². The number of rotatable bonds is 2. The zero-order valence-corrected chi connectivity index (χ0v) is 21.3. The molecule has 0 N–H and O–H groups in total. The Labute approximate surface area is 200 Å². The molecule has 4 aromatic carbocycles. The van der Waals surface area contributed by atoms with E-state index in [0.29, 0.717) is 0 Å². The average Bonchev–Trinajstić information content (AvgIpc) is 3.41. The smallest absolute Gasteiger partial charge is 0.0771 e. The molecular formula is C26H24Cl2Hf. The van der Waals surface area contributed by atoms with Gasteiger partial charge in [-0.3, -0.25) is 6.08 Å². The number of halogens is 2. The molecule has 5 rings (SSSR count). The summed E-state index contributed by atoms with van der Waals surface area (Å²) in [6, 6.07) is 29.8. The molecule has 1 aliphatic rings. The second-order valence-corrected chi connectivity index (χ2v) is 7.68. The van der Waals surface area contributed by atoms with Crippen molar-refractivity contribution in [1.82, 2.24) is 0 Å². The number of hydrogen-bond donors (Lipinski definition) is 0. The van der Waals surface area contributed by atoms with Gasteiger partial charge in [-0.05, 0) is 0 Å². The van der Waals surface area contributed by atoms with E-state index in [-0.39, 0.29) is 24.8 Å². The molecule has 146 valence electrons. The summed E-state index contributed by atoms with van der Waals surface area (Å²) in [7, 11) is 0. The molecule has 0 saturated carbocycles. The maximum absolute atomic E-state index is 2.99. The molecule has 0 amide bonds. The summed E-state index contributed by atoms with van der Waals surface area (Å²) in [5.41, 5.74) is 1.42. The minimum atomic E-state index is 0. The molecule has 0 radical (unpaired) electrons. The first kappa shape index (κ1) is 25.4. The van der Waals surface area contributed by atoms with E-state index < -0.39 is 0 Å². The van der Waals surface area contributed by atoms with Crippen molar-refractivity contribution < 1.29 is 23.9 Å². The van der Waals surface area contributed by atoms with Crippen LogP contribution in [0.15, 0.2) is 103 Å². The van der Waals surface area contributed by atoms with Crippen LogP contribution in [0.25, 0.3) is 21.5 Å². The van der Waals surface area contributed by atoms with Crippen molar-refractivity contribution in [3.8, 4) is 0 Å². The molecule has 0 aliphatic heterocycles. The third-order valence-corrected chi connectivity index (χ3v) is 5.02. The van der Waals surface area contributed by atoms with Gasteiger partial charge in [-0.25, -0.2) is 12.2 Å². The van der Waals surface area contributed by atoms with E-state index in [2.05, 4.69) is 101 Å². The summed E-state index contributed by atoms with van der Waals surface area (Å²) >= 11 is 1.20. The predicted octanol–water partition coefficient (Wildman–Crippen LogP) is 7.44. The van der Waals surface area contributed by atoms with Crippen LogP contribution in [0.2, 0.25) is 0 Å². The van der Waals surface area contributed by atoms with Gasteiger partial charge in [0.2, 0.25) is 0 Å². The first-order chi connectivity index (χ1) is 13.4. The molecule has 0 atom stereocenters. The van der Waals surface area contributed by atoms with Crippen molar-refractivity contribution in [2.75, 3.05) is 0 Å². The van der Waals surface area contributed by atoms with Gasteiger partial charge in [0.15, 0.2) is 0 Å². The Morgan fingerprint density at radius 1 is 0.793 bits per heavy atom. The molecule has 0 nitrogen and oxygen atoms in total. The summed E-state index contributed by atoms with van der Waals surface area (Å²) in [6.07, 6.45) is 11.1. The largest absolute Gasteiger partial charge is 0.126 e. The van der Waals surface area contributed by atoms with Crippen LogP contribution in [0.4, 0.5) is 0 Å². The van der Waals surface area contributed by atoms with Crippen LogP contribution in [0.5, 0.6) is 0 Å². The summed E-state index contributed by atoms with van der Waals surface area (Å²) in [5, 5.41) is 5.39. The van der Waals surface area contributed by atoms with Crippen LogP contribution in [-0.4, -0.2) is 3.76 Å². The standard InChI is InChI=1S/C13H9.C8H8.C5H5.2ClH.Hf/c1-3-7-12-10(5-1)9-11-6-2-4-8-13(11)12;1-2-8-6-4-3-5-7-8;1-2-4-5-3-1;;;/h1-9H;1,3-7H,2H2;1-3H,4H2;2*1H;/q-1;;-1;;;+2. The Hall–Kier alpha value is -1.67. The van der Waals surface area contributed by atoms with E-state index in [1.165, 1.54) is 51.0 Å². The van der Waals surface area contributed by atoms with Gasteiger partial charge < -0.3 is 0 Å². The van der Waals surface area contributed by atoms with Crippen LogP contribution >= 0.6 is 24.8 Å². The number of fused-ring (bicyclic) bond motifs is 3. The number of allylic oxidation sites excluding steroid dienone is 4. The second-order valence-electron chi connectivity index (χ2n) is 6.22. The van der Waals surface area contributed by atoms with Gasteiger partial charge in [-0.15, -0.1) is 71.0 Å². The van der Waals surface area contributed by atoms with Crippen LogP contribution < -0.4 is 0 Å². The van der Waals surface area contributed by atoms with Gasteiger partial charge in [-0.2, -0.15) is 6.08 Å². The van der Waals surface area contributed by atoms with Gasteiger partial charge in [0.25, 0.3) is 0 Å². The van der Waals surface area contributed by atoms with E-state index in [1.807, 2.05) is 12.2 Å². The van der Waals surface area contributed by atoms with Crippen molar-refractivity contribution in [3.63, 3.8) is 0 Å². The minimum Gasteiger partial charge on any atom is -0.126 e. The SMILES string of the molecule is Cl.Cl.[C-]1=CC=CC1.[Hf+2]=[CH]Cc1ccccc1.c1ccc2c(c1)[cH-]c1ccccc12. The van der Waals surface area contributed by atoms with Crippen molar-refractivity contribution in [2.45, 2.75) is 12.8 Å². The Morgan fingerprint density at radius 2 is 1.34 bits per heavy atom. The van der Waals surface area contributed by atoms with Gasteiger partial charge in [-0.1, -0.05) is 36.4 Å². The molecule has 0 aromatic heterocycles. The molecule has 0 saturated heterocycles. The Balaban J connectivity index is 0.000000231. The molecule has 4 aromatic rings. The first-order valence-corrected chi connectivity index (χ1v) is 11.2. The van der Waals surface area contributed by atoms with E-state index in [9.17, 15) is 0 Å². The topological polar surface area (TPSA) is 0 Å². The van der Waals surface area contributed by atoms with E-state index in [0.717, 1.165) is 12.8 Å². The molecule has 0 heterocycles. The minimum absolute atomic E-state index is 0. The average molecular weight is 586 g/mol. The van der Waals surface area contributed by atoms with Gasteiger partial charge >= 0.3 is 70.0 Å². The third kappa shape index (κ3) is 7.93. The second kappa shape index (κ2) is 14.3. The maximum atomic E-state index is 2.99. The molecule has 3 heteroatoms. The van der Waals surface area contributed by atoms with Crippen LogP contribution in [0, 0.1) is 6.08 Å². The molecule has 0 spiro atoms.